The molecule has 0 aliphatic heterocycles. The molecule has 80 valence electrons. The molecule has 0 aromatic carbocycles. The number of hydrogen-bond donors (Lipinski definition) is 0. The molecule has 0 radical (unpaired) electrons. The van der Waals surface area contributed by atoms with Crippen molar-refractivity contribution in [2.75, 3.05) is 0 Å². The van der Waals surface area contributed by atoms with Crippen LogP contribution >= 0.6 is 11.3 Å². The van der Waals surface area contributed by atoms with E-state index < -0.39 is 0 Å². The maximum atomic E-state index is 2.46. The van der Waals surface area contributed by atoms with Gasteiger partial charge in [-0.25, -0.2) is 0 Å². The number of hydrogen-bond acceptors (Lipinski definition) is 1. The summed E-state index contributed by atoms with van der Waals surface area (Å²) in [4.78, 5) is 1.62. The van der Waals surface area contributed by atoms with E-state index in [4.69, 9.17) is 0 Å². The second kappa shape index (κ2) is 2.76. The first kappa shape index (κ1) is 9.65. The highest BCUT2D eigenvalue weighted by Gasteiger charge is 2.46. The summed E-state index contributed by atoms with van der Waals surface area (Å²) in [6.07, 6.45) is 6.53. The Bertz CT molecular complexity index is 436. The molecular weight excluding hydrogens is 200 g/mol. The Hall–Kier alpha value is -0.560. The van der Waals surface area contributed by atoms with Crippen LogP contribution in [-0.4, -0.2) is 0 Å². The third-order valence-electron chi connectivity index (χ3n) is 4.30. The van der Waals surface area contributed by atoms with E-state index in [-0.39, 0.29) is 0 Å². The van der Waals surface area contributed by atoms with E-state index >= 15 is 0 Å². The summed E-state index contributed by atoms with van der Waals surface area (Å²) in [5.41, 5.74) is 3.95. The molecule has 15 heavy (non-hydrogen) atoms. The molecule has 0 amide bonds. The topological polar surface area (TPSA) is 0 Å². The number of thiophene rings is 1. The van der Waals surface area contributed by atoms with Crippen molar-refractivity contribution in [2.45, 2.75) is 45.4 Å². The summed E-state index contributed by atoms with van der Waals surface area (Å²) in [5.74, 6) is 0. The fourth-order valence-electron chi connectivity index (χ4n) is 3.53. The molecule has 2 aliphatic rings. The summed E-state index contributed by atoms with van der Waals surface area (Å²) in [7, 11) is 0. The second-order valence-corrected chi connectivity index (χ2v) is 6.75. The molecule has 0 spiro atoms. The third kappa shape index (κ3) is 1.13. The van der Waals surface area contributed by atoms with E-state index in [9.17, 15) is 0 Å². The molecule has 1 aromatic rings. The van der Waals surface area contributed by atoms with Gasteiger partial charge < -0.3 is 0 Å². The van der Waals surface area contributed by atoms with Gasteiger partial charge in [0.25, 0.3) is 0 Å². The van der Waals surface area contributed by atoms with Crippen LogP contribution in [0.1, 0.15) is 50.5 Å². The first-order chi connectivity index (χ1) is 7.04. The number of fused-ring (bicyclic) bond motifs is 3. The predicted octanol–water partition coefficient (Wildman–Crippen LogP) is 4.61. The lowest BCUT2D eigenvalue weighted by Crippen LogP contribution is -2.34. The van der Waals surface area contributed by atoms with E-state index in [2.05, 4.69) is 38.3 Å². The highest BCUT2D eigenvalue weighted by molar-refractivity contribution is 7.10. The maximum absolute atomic E-state index is 2.46. The summed E-state index contributed by atoms with van der Waals surface area (Å²) in [6.45, 7) is 7.27. The van der Waals surface area contributed by atoms with Crippen molar-refractivity contribution >= 4 is 17.4 Å². The first-order valence-electron chi connectivity index (χ1n) is 5.85. The lowest BCUT2D eigenvalue weighted by atomic mass is 9.62. The minimum Gasteiger partial charge on any atom is -0.147 e. The van der Waals surface area contributed by atoms with E-state index in [0.717, 1.165) is 0 Å². The Labute approximate surface area is 96.0 Å². The Morgan fingerprint density at radius 1 is 1.20 bits per heavy atom. The second-order valence-electron chi connectivity index (χ2n) is 5.83. The molecule has 0 N–H and O–H groups in total. The van der Waals surface area contributed by atoms with Gasteiger partial charge in [0.05, 0.1) is 0 Å². The van der Waals surface area contributed by atoms with E-state index in [1.54, 1.807) is 10.5 Å². The van der Waals surface area contributed by atoms with Gasteiger partial charge in [-0.15, -0.1) is 11.3 Å². The molecule has 1 atom stereocenters. The highest BCUT2D eigenvalue weighted by Crippen LogP contribution is 2.58. The maximum Gasteiger partial charge on any atom is 0.0242 e. The molecular formula is C14H18S. The zero-order chi connectivity index (χ0) is 10.7. The minimum atomic E-state index is 0.366. The normalized spacial score (nSPS) is 32.1. The minimum absolute atomic E-state index is 0.366. The van der Waals surface area contributed by atoms with Gasteiger partial charge in [0.1, 0.15) is 0 Å². The van der Waals surface area contributed by atoms with Gasteiger partial charge in [0.15, 0.2) is 0 Å². The first-order valence-corrected chi connectivity index (χ1v) is 6.73. The molecule has 3 rings (SSSR count). The van der Waals surface area contributed by atoms with Crippen LogP contribution in [0.5, 0.6) is 0 Å². The van der Waals surface area contributed by atoms with Crippen LogP contribution in [0.25, 0.3) is 6.08 Å². The summed E-state index contributed by atoms with van der Waals surface area (Å²) in [6, 6.07) is 2.28. The molecule has 0 nitrogen and oxygen atoms in total. The molecule has 1 saturated carbocycles. The SMILES string of the molecule is CC1(C)CCCC2(C)C1=Cc1ccsc12. The lowest BCUT2D eigenvalue weighted by molar-refractivity contribution is 0.268. The van der Waals surface area contributed by atoms with Crippen molar-refractivity contribution < 1.29 is 0 Å². The van der Waals surface area contributed by atoms with Crippen LogP contribution in [0.15, 0.2) is 17.0 Å². The van der Waals surface area contributed by atoms with Gasteiger partial charge in [0, 0.05) is 10.3 Å². The van der Waals surface area contributed by atoms with Crippen molar-refractivity contribution in [2.24, 2.45) is 5.41 Å². The van der Waals surface area contributed by atoms with Gasteiger partial charge in [-0.1, -0.05) is 38.8 Å². The van der Waals surface area contributed by atoms with Crippen molar-refractivity contribution in [3.8, 4) is 0 Å². The molecule has 2 aliphatic carbocycles. The Morgan fingerprint density at radius 2 is 2.00 bits per heavy atom. The van der Waals surface area contributed by atoms with Gasteiger partial charge in [-0.2, -0.15) is 0 Å². The van der Waals surface area contributed by atoms with Crippen molar-refractivity contribution in [1.82, 2.24) is 0 Å². The standard InChI is InChI=1S/C14H18S/c1-13(2)6-4-7-14(3)11(13)9-10-5-8-15-12(10)14/h5,8-9H,4,6-7H2,1-3H3. The molecule has 1 aromatic heterocycles. The largest absolute Gasteiger partial charge is 0.147 e. The molecule has 1 heterocycles. The Morgan fingerprint density at radius 3 is 2.80 bits per heavy atom. The van der Waals surface area contributed by atoms with Crippen LogP contribution in [0, 0.1) is 5.41 Å². The molecule has 0 saturated heterocycles. The van der Waals surface area contributed by atoms with Crippen LogP contribution < -0.4 is 0 Å². The van der Waals surface area contributed by atoms with Crippen molar-refractivity contribution in [3.63, 3.8) is 0 Å². The zero-order valence-electron chi connectivity index (χ0n) is 9.76. The van der Waals surface area contributed by atoms with Crippen LogP contribution in [0.2, 0.25) is 0 Å². The summed E-state index contributed by atoms with van der Waals surface area (Å²) < 4.78 is 0. The number of rotatable bonds is 0. The fourth-order valence-corrected chi connectivity index (χ4v) is 4.61. The van der Waals surface area contributed by atoms with E-state index in [0.29, 0.717) is 10.8 Å². The summed E-state index contributed by atoms with van der Waals surface area (Å²) in [5, 5.41) is 2.24. The fraction of sp³-hybridized carbons (Fsp3) is 0.571. The molecule has 1 unspecified atom stereocenters. The quantitative estimate of drug-likeness (QED) is 0.596. The number of allylic oxidation sites excluding steroid dienone is 1. The Kier molecular flexibility index (Phi) is 1.78. The third-order valence-corrected chi connectivity index (χ3v) is 5.49. The van der Waals surface area contributed by atoms with Gasteiger partial charge in [-0.05, 0) is 35.3 Å². The van der Waals surface area contributed by atoms with Gasteiger partial charge in [0.2, 0.25) is 0 Å². The van der Waals surface area contributed by atoms with E-state index in [1.165, 1.54) is 24.8 Å². The average Bonchev–Trinajstić information content (AvgIpc) is 2.67. The zero-order valence-corrected chi connectivity index (χ0v) is 10.6. The highest BCUT2D eigenvalue weighted by atomic mass is 32.1. The average molecular weight is 218 g/mol. The monoisotopic (exact) mass is 218 g/mol. The lowest BCUT2D eigenvalue weighted by Gasteiger charge is -2.43. The van der Waals surface area contributed by atoms with Crippen molar-refractivity contribution in [3.05, 3.63) is 27.5 Å². The molecule has 1 heteroatoms. The molecule has 0 bridgehead atoms. The predicted molar refractivity (Wildman–Crippen MR) is 67.3 cm³/mol. The van der Waals surface area contributed by atoms with Crippen LogP contribution in [0.3, 0.4) is 0 Å². The van der Waals surface area contributed by atoms with Crippen LogP contribution in [-0.2, 0) is 5.41 Å². The van der Waals surface area contributed by atoms with Crippen molar-refractivity contribution in [1.29, 1.82) is 0 Å². The molecule has 1 fully saturated rings. The van der Waals surface area contributed by atoms with Gasteiger partial charge in [-0.3, -0.25) is 0 Å². The van der Waals surface area contributed by atoms with E-state index in [1.807, 2.05) is 11.3 Å². The van der Waals surface area contributed by atoms with Crippen LogP contribution in [0.4, 0.5) is 0 Å². The Balaban J connectivity index is 2.20. The smallest absolute Gasteiger partial charge is 0.0242 e. The van der Waals surface area contributed by atoms with Gasteiger partial charge >= 0.3 is 0 Å². The summed E-state index contributed by atoms with van der Waals surface area (Å²) >= 11 is 1.95.